The van der Waals surface area contributed by atoms with Gasteiger partial charge in [0.2, 0.25) is 0 Å². The van der Waals surface area contributed by atoms with Crippen molar-refractivity contribution in [2.45, 2.75) is 6.42 Å². The molecule has 0 aliphatic rings. The van der Waals surface area contributed by atoms with Gasteiger partial charge in [-0.3, -0.25) is 9.59 Å². The van der Waals surface area contributed by atoms with Crippen molar-refractivity contribution in [1.29, 1.82) is 0 Å². The number of carbonyl (C=O) groups excluding carboxylic acids is 2. The number of nitrogens with zero attached hydrogens (tertiary/aromatic N) is 2. The molecule has 0 bridgehead atoms. The molecule has 2 amide bonds. The Morgan fingerprint density at radius 3 is 1.44 bits per heavy atom. The van der Waals surface area contributed by atoms with Gasteiger partial charge in [0.1, 0.15) is 12.4 Å². The molecule has 0 spiro atoms. The summed E-state index contributed by atoms with van der Waals surface area (Å²) < 4.78 is 0. The van der Waals surface area contributed by atoms with Gasteiger partial charge < -0.3 is 21.0 Å². The summed E-state index contributed by atoms with van der Waals surface area (Å²) in [5, 5.41) is 27.0. The predicted molar refractivity (Wildman–Crippen MR) is 93.5 cm³/mol. The van der Waals surface area contributed by atoms with E-state index in [1.165, 1.54) is 0 Å². The first-order valence-electron chi connectivity index (χ1n) is 7.25. The number of hydrogen-bond acceptors (Lipinski definition) is 6. The summed E-state index contributed by atoms with van der Waals surface area (Å²) in [7, 11) is 0. The van der Waals surface area contributed by atoms with E-state index in [1.54, 1.807) is 24.3 Å². The Bertz CT molecular complexity index is 716. The zero-order valence-corrected chi connectivity index (χ0v) is 13.1. The number of nitrogens with one attached hydrogen (secondary N) is 2. The van der Waals surface area contributed by atoms with Gasteiger partial charge in [0.05, 0.1) is 0 Å². The van der Waals surface area contributed by atoms with Gasteiger partial charge in [-0.2, -0.15) is 0 Å². The number of benzene rings is 2. The van der Waals surface area contributed by atoms with Gasteiger partial charge in [-0.05, 0) is 41.8 Å². The van der Waals surface area contributed by atoms with Crippen LogP contribution in [0.1, 0.15) is 11.1 Å². The number of hydrogen-bond donors (Lipinski definition) is 4. The predicted octanol–water partition coefficient (Wildman–Crippen LogP) is 2.07. The van der Waals surface area contributed by atoms with E-state index in [2.05, 4.69) is 20.9 Å². The van der Waals surface area contributed by atoms with E-state index in [4.69, 9.17) is 10.4 Å². The fourth-order valence-electron chi connectivity index (χ4n) is 2.10. The van der Waals surface area contributed by atoms with Crippen molar-refractivity contribution in [3.05, 3.63) is 59.7 Å². The molecule has 0 radical (unpaired) electrons. The van der Waals surface area contributed by atoms with E-state index in [1.807, 2.05) is 24.3 Å². The maximum Gasteiger partial charge on any atom is 0.270 e. The third kappa shape index (κ3) is 5.79. The molecule has 0 aliphatic carbocycles. The van der Waals surface area contributed by atoms with E-state index < -0.39 is 11.8 Å². The summed E-state index contributed by atoms with van der Waals surface area (Å²) in [5.74, 6) is -1.03. The van der Waals surface area contributed by atoms with Crippen LogP contribution >= 0.6 is 0 Å². The molecule has 2 aromatic carbocycles. The summed E-state index contributed by atoms with van der Waals surface area (Å²) in [5.41, 5.74) is 3.27. The van der Waals surface area contributed by atoms with Gasteiger partial charge >= 0.3 is 0 Å². The maximum atomic E-state index is 11.3. The van der Waals surface area contributed by atoms with E-state index in [-0.39, 0.29) is 0 Å². The number of carbonyl (C=O) groups is 2. The molecule has 128 valence electrons. The summed E-state index contributed by atoms with van der Waals surface area (Å²) in [6.07, 6.45) is 2.24. The topological polar surface area (TPSA) is 123 Å². The molecule has 0 saturated carbocycles. The van der Waals surface area contributed by atoms with Crippen molar-refractivity contribution in [2.75, 3.05) is 10.6 Å². The molecule has 0 aromatic heterocycles. The lowest BCUT2D eigenvalue weighted by Gasteiger charge is -2.06. The van der Waals surface area contributed by atoms with Crippen molar-refractivity contribution < 1.29 is 20.0 Å². The van der Waals surface area contributed by atoms with Crippen LogP contribution in [0.4, 0.5) is 11.4 Å². The molecule has 4 N–H and O–H groups in total. The normalized spacial score (nSPS) is 10.9. The summed E-state index contributed by atoms with van der Waals surface area (Å²) in [4.78, 5) is 22.5. The summed E-state index contributed by atoms with van der Waals surface area (Å²) in [6.45, 7) is 0. The van der Waals surface area contributed by atoms with E-state index >= 15 is 0 Å². The molecule has 8 heteroatoms. The fraction of sp³-hybridized carbons (Fsp3) is 0.0588. The van der Waals surface area contributed by atoms with Gasteiger partial charge in [-0.15, -0.1) is 0 Å². The molecule has 0 unspecified atom stereocenters. The van der Waals surface area contributed by atoms with Crippen LogP contribution in [0.3, 0.4) is 0 Å². The molecule has 8 nitrogen and oxygen atoms in total. The second-order valence-electron chi connectivity index (χ2n) is 5.04. The van der Waals surface area contributed by atoms with E-state index in [0.29, 0.717) is 17.8 Å². The van der Waals surface area contributed by atoms with Gasteiger partial charge in [0, 0.05) is 11.4 Å². The first-order valence-corrected chi connectivity index (χ1v) is 7.25. The van der Waals surface area contributed by atoms with Crippen LogP contribution < -0.4 is 10.6 Å². The third-order valence-electron chi connectivity index (χ3n) is 3.20. The molecule has 0 aliphatic heterocycles. The van der Waals surface area contributed by atoms with Gasteiger partial charge in [0.15, 0.2) is 0 Å². The van der Waals surface area contributed by atoms with Crippen LogP contribution in [0.2, 0.25) is 0 Å². The zero-order valence-electron chi connectivity index (χ0n) is 13.1. The standard InChI is InChI=1S/C17H16N4O4/c22-16(10-18-24)20-14-5-1-12(2-6-14)9-13-3-7-15(8-4-13)21-17(23)11-19-25/h1-8,10-11,24-25H,9H2,(H,20,22)(H,21,23)/b18-10+,19-11+. The Morgan fingerprint density at radius 2 is 1.12 bits per heavy atom. The van der Waals surface area contributed by atoms with Crippen LogP contribution in [0, 0.1) is 0 Å². The fourth-order valence-corrected chi connectivity index (χ4v) is 2.10. The lowest BCUT2D eigenvalue weighted by molar-refractivity contribution is -0.110. The first kappa shape index (κ1) is 17.7. The second kappa shape index (κ2) is 8.82. The van der Waals surface area contributed by atoms with Crippen LogP contribution in [0.25, 0.3) is 0 Å². The van der Waals surface area contributed by atoms with Crippen LogP contribution in [0.15, 0.2) is 58.8 Å². The molecule has 2 rings (SSSR count). The van der Waals surface area contributed by atoms with Crippen LogP contribution in [-0.2, 0) is 16.0 Å². The summed E-state index contributed by atoms with van der Waals surface area (Å²) >= 11 is 0. The lowest BCUT2D eigenvalue weighted by Crippen LogP contribution is -2.12. The SMILES string of the molecule is O=C(/C=N/O)Nc1ccc(Cc2ccc(NC(=O)/C=N/O)cc2)cc1. The van der Waals surface area contributed by atoms with Crippen molar-refractivity contribution in [3.8, 4) is 0 Å². The second-order valence-corrected chi connectivity index (χ2v) is 5.04. The molecule has 25 heavy (non-hydrogen) atoms. The highest BCUT2D eigenvalue weighted by atomic mass is 16.4. The summed E-state index contributed by atoms with van der Waals surface area (Å²) in [6, 6.07) is 14.5. The largest absolute Gasteiger partial charge is 0.411 e. The Hall–Kier alpha value is -3.68. The first-order chi connectivity index (χ1) is 12.1. The number of amides is 2. The Morgan fingerprint density at radius 1 is 0.760 bits per heavy atom. The van der Waals surface area contributed by atoms with Gasteiger partial charge in [0.25, 0.3) is 11.8 Å². The lowest BCUT2D eigenvalue weighted by atomic mass is 10.0. The van der Waals surface area contributed by atoms with Crippen molar-refractivity contribution in [1.82, 2.24) is 0 Å². The molecule has 2 aromatic rings. The highest BCUT2D eigenvalue weighted by Gasteiger charge is 2.02. The quantitative estimate of drug-likeness (QED) is 0.365. The molecular formula is C17H16N4O4. The van der Waals surface area contributed by atoms with Crippen molar-refractivity contribution in [2.24, 2.45) is 10.3 Å². The zero-order chi connectivity index (χ0) is 18.1. The highest BCUT2D eigenvalue weighted by molar-refractivity contribution is 6.32. The van der Waals surface area contributed by atoms with Crippen LogP contribution in [0.5, 0.6) is 0 Å². The molecular weight excluding hydrogens is 324 g/mol. The minimum atomic E-state index is -0.515. The van der Waals surface area contributed by atoms with Gasteiger partial charge in [-0.1, -0.05) is 34.6 Å². The average molecular weight is 340 g/mol. The monoisotopic (exact) mass is 340 g/mol. The highest BCUT2D eigenvalue weighted by Crippen LogP contribution is 2.16. The average Bonchev–Trinajstić information content (AvgIpc) is 2.59. The smallest absolute Gasteiger partial charge is 0.270 e. The minimum Gasteiger partial charge on any atom is -0.411 e. The number of oxime groups is 2. The van der Waals surface area contributed by atoms with Crippen molar-refractivity contribution in [3.63, 3.8) is 0 Å². The number of anilines is 2. The van der Waals surface area contributed by atoms with Crippen molar-refractivity contribution >= 4 is 35.6 Å². The number of rotatable bonds is 6. The molecule has 0 heterocycles. The van der Waals surface area contributed by atoms with Gasteiger partial charge in [-0.25, -0.2) is 0 Å². The molecule has 0 saturated heterocycles. The Balaban J connectivity index is 1.95. The van der Waals surface area contributed by atoms with E-state index in [0.717, 1.165) is 23.6 Å². The molecule has 0 fully saturated rings. The van der Waals surface area contributed by atoms with Crippen LogP contribution in [-0.4, -0.2) is 34.7 Å². The Kier molecular flexibility index (Phi) is 6.24. The molecule has 0 atom stereocenters. The van der Waals surface area contributed by atoms with E-state index in [9.17, 15) is 9.59 Å². The third-order valence-corrected chi connectivity index (χ3v) is 3.20. The maximum absolute atomic E-state index is 11.3. The minimum absolute atomic E-state index is 0.515. The Labute approximate surface area is 143 Å².